The maximum absolute atomic E-state index is 13.1. The van der Waals surface area contributed by atoms with Gasteiger partial charge in [-0.2, -0.15) is 0 Å². The molecular weight excluding hydrogens is 290 g/mol. The van der Waals surface area contributed by atoms with Crippen LogP contribution in [0, 0.1) is 12.7 Å². The van der Waals surface area contributed by atoms with E-state index in [1.807, 2.05) is 6.92 Å². The van der Waals surface area contributed by atoms with Gasteiger partial charge in [0.15, 0.2) is 0 Å². The van der Waals surface area contributed by atoms with Crippen molar-refractivity contribution in [2.75, 3.05) is 17.7 Å². The molecule has 1 heterocycles. The highest BCUT2D eigenvalue weighted by Gasteiger charge is 2.12. The van der Waals surface area contributed by atoms with Crippen LogP contribution in [0.4, 0.5) is 21.7 Å². The minimum atomic E-state index is -0.490. The Morgan fingerprint density at radius 1 is 1.11 bits per heavy atom. The van der Waals surface area contributed by atoms with Crippen LogP contribution in [0.15, 0.2) is 18.5 Å². The van der Waals surface area contributed by atoms with Crippen LogP contribution in [0.3, 0.4) is 0 Å². The van der Waals surface area contributed by atoms with Crippen molar-refractivity contribution in [1.82, 2.24) is 9.97 Å². The predicted molar refractivity (Wildman–Crippen MR) is 76.0 cm³/mol. The summed E-state index contributed by atoms with van der Waals surface area (Å²) in [6.07, 6.45) is 1.41. The van der Waals surface area contributed by atoms with E-state index in [1.165, 1.54) is 18.5 Å². The summed E-state index contributed by atoms with van der Waals surface area (Å²) in [5.41, 5.74) is 1.22. The molecule has 4 nitrogen and oxygen atoms in total. The molecule has 1 aromatic carbocycles. The average molecular weight is 301 g/mol. The number of hydrogen-bond acceptors (Lipinski definition) is 4. The van der Waals surface area contributed by atoms with Gasteiger partial charge in [0.1, 0.15) is 23.8 Å². The molecule has 1 aromatic heterocycles. The second kappa shape index (κ2) is 5.59. The molecule has 0 fully saturated rings. The van der Waals surface area contributed by atoms with Crippen molar-refractivity contribution in [2.45, 2.75) is 6.92 Å². The molecule has 0 radical (unpaired) electrons. The van der Waals surface area contributed by atoms with Crippen molar-refractivity contribution >= 4 is 40.5 Å². The predicted octanol–water partition coefficient (Wildman–Crippen LogP) is 4.02. The van der Waals surface area contributed by atoms with Crippen LogP contribution in [-0.4, -0.2) is 17.0 Å². The molecule has 0 aliphatic rings. The zero-order valence-corrected chi connectivity index (χ0v) is 11.8. The quantitative estimate of drug-likeness (QED) is 0.899. The molecular formula is C12H11Cl2FN4. The third-order valence-corrected chi connectivity index (χ3v) is 3.17. The second-order valence-corrected chi connectivity index (χ2v) is 4.63. The van der Waals surface area contributed by atoms with E-state index in [2.05, 4.69) is 20.6 Å². The minimum absolute atomic E-state index is 0.189. The first-order valence-corrected chi connectivity index (χ1v) is 6.19. The molecule has 2 rings (SSSR count). The Bertz CT molecular complexity index is 596. The number of halogens is 3. The fourth-order valence-electron chi connectivity index (χ4n) is 1.61. The minimum Gasteiger partial charge on any atom is -0.373 e. The summed E-state index contributed by atoms with van der Waals surface area (Å²) in [5.74, 6) is 0.748. The fraction of sp³-hybridized carbons (Fsp3) is 0.167. The molecule has 0 spiro atoms. The van der Waals surface area contributed by atoms with Crippen LogP contribution in [0.2, 0.25) is 10.0 Å². The normalized spacial score (nSPS) is 10.4. The lowest BCUT2D eigenvalue weighted by Crippen LogP contribution is -2.03. The van der Waals surface area contributed by atoms with Gasteiger partial charge in [-0.05, 0) is 19.1 Å². The molecule has 7 heteroatoms. The number of aromatic nitrogens is 2. The summed E-state index contributed by atoms with van der Waals surface area (Å²) >= 11 is 11.9. The summed E-state index contributed by atoms with van der Waals surface area (Å²) in [6.45, 7) is 1.85. The van der Waals surface area contributed by atoms with E-state index in [9.17, 15) is 4.39 Å². The maximum Gasteiger partial charge on any atom is 0.138 e. The van der Waals surface area contributed by atoms with E-state index >= 15 is 0 Å². The number of benzene rings is 1. The van der Waals surface area contributed by atoms with Gasteiger partial charge in [-0.25, -0.2) is 14.4 Å². The first-order chi connectivity index (χ1) is 9.02. The van der Waals surface area contributed by atoms with Crippen molar-refractivity contribution in [2.24, 2.45) is 0 Å². The van der Waals surface area contributed by atoms with Crippen LogP contribution in [0.1, 0.15) is 5.56 Å². The van der Waals surface area contributed by atoms with Gasteiger partial charge in [-0.3, -0.25) is 0 Å². The summed E-state index contributed by atoms with van der Waals surface area (Å²) in [5, 5.41) is 6.31. The molecule has 0 bridgehead atoms. The highest BCUT2D eigenvalue weighted by molar-refractivity contribution is 6.39. The van der Waals surface area contributed by atoms with E-state index in [4.69, 9.17) is 23.2 Å². The molecule has 2 N–H and O–H groups in total. The number of nitrogens with zero attached hydrogens (tertiary/aromatic N) is 2. The SMILES string of the molecule is CNc1ncnc(Nc2c(Cl)cc(F)cc2Cl)c1C. The van der Waals surface area contributed by atoms with Gasteiger partial charge in [0.25, 0.3) is 0 Å². The Labute approximate surface area is 120 Å². The van der Waals surface area contributed by atoms with E-state index in [0.717, 1.165) is 5.56 Å². The molecule has 0 aliphatic carbocycles. The molecule has 0 saturated heterocycles. The lowest BCUT2D eigenvalue weighted by atomic mass is 10.2. The van der Waals surface area contributed by atoms with Crippen molar-refractivity contribution in [3.63, 3.8) is 0 Å². The van der Waals surface area contributed by atoms with E-state index in [-0.39, 0.29) is 10.0 Å². The number of nitrogens with one attached hydrogen (secondary N) is 2. The van der Waals surface area contributed by atoms with Gasteiger partial charge in [-0.15, -0.1) is 0 Å². The fourth-order valence-corrected chi connectivity index (χ4v) is 2.16. The summed E-state index contributed by atoms with van der Waals surface area (Å²) in [7, 11) is 1.76. The molecule has 0 unspecified atom stereocenters. The Morgan fingerprint density at radius 2 is 1.68 bits per heavy atom. The van der Waals surface area contributed by atoms with Gasteiger partial charge in [0, 0.05) is 12.6 Å². The Hall–Kier alpha value is -1.59. The van der Waals surface area contributed by atoms with Crippen molar-refractivity contribution in [1.29, 1.82) is 0 Å². The van der Waals surface area contributed by atoms with Gasteiger partial charge in [0.05, 0.1) is 15.7 Å². The lowest BCUT2D eigenvalue weighted by Gasteiger charge is -2.13. The third kappa shape index (κ3) is 2.88. The average Bonchev–Trinajstić information content (AvgIpc) is 2.35. The topological polar surface area (TPSA) is 49.8 Å². The van der Waals surface area contributed by atoms with Crippen molar-refractivity contribution < 1.29 is 4.39 Å². The zero-order chi connectivity index (χ0) is 14.0. The van der Waals surface area contributed by atoms with Crippen molar-refractivity contribution in [3.05, 3.63) is 39.9 Å². The Kier molecular flexibility index (Phi) is 4.07. The van der Waals surface area contributed by atoms with Gasteiger partial charge >= 0.3 is 0 Å². The number of hydrogen-bond donors (Lipinski definition) is 2. The molecule has 100 valence electrons. The Balaban J connectivity index is 2.42. The molecule has 0 atom stereocenters. The standard InChI is InChI=1S/C12H11Cl2FN4/c1-6-11(16-2)17-5-18-12(6)19-10-8(13)3-7(15)4-9(10)14/h3-5H,1-2H3,(H2,16,17,18,19). The van der Waals surface area contributed by atoms with Gasteiger partial charge < -0.3 is 10.6 Å². The highest BCUT2D eigenvalue weighted by atomic mass is 35.5. The summed E-state index contributed by atoms with van der Waals surface area (Å²) < 4.78 is 13.1. The highest BCUT2D eigenvalue weighted by Crippen LogP contribution is 2.34. The van der Waals surface area contributed by atoms with Crippen molar-refractivity contribution in [3.8, 4) is 0 Å². The molecule has 0 amide bonds. The number of rotatable bonds is 3. The van der Waals surface area contributed by atoms with Crippen LogP contribution in [0.5, 0.6) is 0 Å². The first kappa shape index (κ1) is 13.8. The van der Waals surface area contributed by atoms with E-state index in [0.29, 0.717) is 17.3 Å². The second-order valence-electron chi connectivity index (χ2n) is 3.82. The van der Waals surface area contributed by atoms with Crippen LogP contribution >= 0.6 is 23.2 Å². The smallest absolute Gasteiger partial charge is 0.138 e. The van der Waals surface area contributed by atoms with Gasteiger partial charge in [0.2, 0.25) is 0 Å². The Morgan fingerprint density at radius 3 is 2.26 bits per heavy atom. The zero-order valence-electron chi connectivity index (χ0n) is 10.3. The largest absolute Gasteiger partial charge is 0.373 e. The lowest BCUT2D eigenvalue weighted by molar-refractivity contribution is 0.628. The van der Waals surface area contributed by atoms with Crippen LogP contribution in [-0.2, 0) is 0 Å². The van der Waals surface area contributed by atoms with Crippen LogP contribution in [0.25, 0.3) is 0 Å². The molecule has 0 saturated carbocycles. The molecule has 0 aliphatic heterocycles. The van der Waals surface area contributed by atoms with Crippen LogP contribution < -0.4 is 10.6 Å². The summed E-state index contributed by atoms with van der Waals surface area (Å²) in [4.78, 5) is 8.18. The third-order valence-electron chi connectivity index (χ3n) is 2.57. The van der Waals surface area contributed by atoms with E-state index in [1.54, 1.807) is 7.05 Å². The molecule has 19 heavy (non-hydrogen) atoms. The molecule has 2 aromatic rings. The summed E-state index contributed by atoms with van der Waals surface area (Å²) in [6, 6.07) is 2.37. The monoisotopic (exact) mass is 300 g/mol. The first-order valence-electron chi connectivity index (χ1n) is 5.44. The van der Waals surface area contributed by atoms with Gasteiger partial charge in [-0.1, -0.05) is 23.2 Å². The maximum atomic E-state index is 13.1. The number of anilines is 3. The van der Waals surface area contributed by atoms with E-state index < -0.39 is 5.82 Å².